The fourth-order valence-corrected chi connectivity index (χ4v) is 2.91. The minimum atomic E-state index is -1.14. The lowest BCUT2D eigenvalue weighted by molar-refractivity contribution is -0.154. The zero-order valence-corrected chi connectivity index (χ0v) is 16.7. The highest BCUT2D eigenvalue weighted by molar-refractivity contribution is 5.96. The predicted octanol–water partition coefficient (Wildman–Crippen LogP) is 4.61. The van der Waals surface area contributed by atoms with Crippen LogP contribution in [0.3, 0.4) is 0 Å². The molecule has 154 valence electrons. The minimum absolute atomic E-state index is 0.0896. The Morgan fingerprint density at radius 3 is 2.33 bits per heavy atom. The molecule has 0 radical (unpaired) electrons. The monoisotopic (exact) mass is 407 g/mol. The molecule has 6 heteroatoms. The highest BCUT2D eigenvalue weighted by Crippen LogP contribution is 2.22. The Morgan fingerprint density at radius 2 is 1.70 bits per heavy atom. The fourth-order valence-electron chi connectivity index (χ4n) is 2.91. The summed E-state index contributed by atoms with van der Waals surface area (Å²) in [5, 5.41) is 2.77. The molecule has 3 aromatic rings. The van der Waals surface area contributed by atoms with Gasteiger partial charge in [-0.15, -0.1) is 0 Å². The summed E-state index contributed by atoms with van der Waals surface area (Å²) in [4.78, 5) is 25.4. The van der Waals surface area contributed by atoms with Crippen molar-refractivity contribution in [1.82, 2.24) is 0 Å². The van der Waals surface area contributed by atoms with Crippen molar-refractivity contribution in [1.29, 1.82) is 0 Å². The van der Waals surface area contributed by atoms with Gasteiger partial charge >= 0.3 is 5.97 Å². The molecule has 0 aliphatic rings. The number of methoxy groups -OCH3 is 1. The third kappa shape index (κ3) is 5.44. The van der Waals surface area contributed by atoms with E-state index in [0.717, 1.165) is 5.56 Å². The van der Waals surface area contributed by atoms with Crippen LogP contribution in [0.1, 0.15) is 22.8 Å². The van der Waals surface area contributed by atoms with Gasteiger partial charge in [0.1, 0.15) is 0 Å². The zero-order chi connectivity index (χ0) is 21.5. The van der Waals surface area contributed by atoms with Crippen molar-refractivity contribution in [2.75, 3.05) is 12.4 Å². The van der Waals surface area contributed by atoms with Gasteiger partial charge in [0.25, 0.3) is 5.91 Å². The predicted molar refractivity (Wildman–Crippen MR) is 112 cm³/mol. The number of aryl methyl sites for hydroxylation is 1. The maximum Gasteiger partial charge on any atom is 0.311 e. The van der Waals surface area contributed by atoms with Crippen LogP contribution < -0.4 is 10.1 Å². The molecular formula is C24H22FNO4. The number of carbonyl (C=O) groups excluding carboxylic acids is 2. The van der Waals surface area contributed by atoms with Crippen LogP contribution in [-0.4, -0.2) is 19.0 Å². The number of ether oxygens (including phenoxy) is 2. The molecule has 3 rings (SSSR count). The second-order valence-corrected chi connectivity index (χ2v) is 6.78. The maximum atomic E-state index is 13.9. The molecule has 0 spiro atoms. The van der Waals surface area contributed by atoms with Crippen molar-refractivity contribution < 1.29 is 23.5 Å². The number of hydrogen-bond donors (Lipinski definition) is 1. The lowest BCUT2D eigenvalue weighted by atomic mass is 10.1. The van der Waals surface area contributed by atoms with Gasteiger partial charge in [-0.1, -0.05) is 54.1 Å². The summed E-state index contributed by atoms with van der Waals surface area (Å²) in [6, 6.07) is 20.3. The fraction of sp³-hybridized carbons (Fsp3) is 0.167. The Kier molecular flexibility index (Phi) is 6.80. The highest BCUT2D eigenvalue weighted by atomic mass is 19.1. The van der Waals surface area contributed by atoms with Crippen molar-refractivity contribution in [2.45, 2.75) is 19.4 Å². The van der Waals surface area contributed by atoms with Gasteiger partial charge in [0, 0.05) is 11.3 Å². The Labute approximate surface area is 174 Å². The third-order valence-electron chi connectivity index (χ3n) is 4.47. The summed E-state index contributed by atoms with van der Waals surface area (Å²) in [5.74, 6) is -1.60. The van der Waals surface area contributed by atoms with Crippen molar-refractivity contribution in [3.63, 3.8) is 0 Å². The Balaban J connectivity index is 1.75. The van der Waals surface area contributed by atoms with Crippen molar-refractivity contribution in [2.24, 2.45) is 0 Å². The first-order valence-corrected chi connectivity index (χ1v) is 9.40. The number of nitrogens with one attached hydrogen (secondary N) is 1. The number of halogens is 1. The van der Waals surface area contributed by atoms with Gasteiger partial charge in [0.05, 0.1) is 13.5 Å². The van der Waals surface area contributed by atoms with Crippen molar-refractivity contribution in [3.05, 3.63) is 95.3 Å². The first-order chi connectivity index (χ1) is 14.5. The van der Waals surface area contributed by atoms with E-state index in [0.29, 0.717) is 16.8 Å². The van der Waals surface area contributed by atoms with Crippen LogP contribution in [0.25, 0.3) is 0 Å². The van der Waals surface area contributed by atoms with Crippen molar-refractivity contribution in [3.8, 4) is 5.75 Å². The standard InChI is InChI=1S/C24H22FNO4/c1-16-8-11-19(12-9-16)26-24(28)23(18-6-4-3-5-7-18)30-22(27)15-17-10-13-21(29-2)20(25)14-17/h3-14,23H,15H2,1-2H3,(H,26,28)/t23-/m1/s1. The van der Waals surface area contributed by atoms with Crippen LogP contribution in [0.5, 0.6) is 5.75 Å². The summed E-state index contributed by atoms with van der Waals surface area (Å²) < 4.78 is 24.3. The molecular weight excluding hydrogens is 385 g/mol. The summed E-state index contributed by atoms with van der Waals surface area (Å²) in [7, 11) is 1.36. The quantitative estimate of drug-likeness (QED) is 0.581. The van der Waals surface area contributed by atoms with Gasteiger partial charge in [-0.25, -0.2) is 4.39 Å². The van der Waals surface area contributed by atoms with Crippen LogP contribution in [0.4, 0.5) is 10.1 Å². The molecule has 1 N–H and O–H groups in total. The second kappa shape index (κ2) is 9.69. The van der Waals surface area contributed by atoms with Gasteiger partial charge in [0.15, 0.2) is 11.6 Å². The molecule has 30 heavy (non-hydrogen) atoms. The summed E-state index contributed by atoms with van der Waals surface area (Å²) in [6.45, 7) is 1.95. The lowest BCUT2D eigenvalue weighted by Crippen LogP contribution is -2.26. The molecule has 1 amide bonds. The average molecular weight is 407 g/mol. The number of hydrogen-bond acceptors (Lipinski definition) is 4. The molecule has 0 aromatic heterocycles. The number of amides is 1. The minimum Gasteiger partial charge on any atom is -0.494 e. The second-order valence-electron chi connectivity index (χ2n) is 6.78. The molecule has 0 aliphatic carbocycles. The highest BCUT2D eigenvalue weighted by Gasteiger charge is 2.25. The summed E-state index contributed by atoms with van der Waals surface area (Å²) >= 11 is 0. The molecule has 1 atom stereocenters. The van der Waals surface area contributed by atoms with E-state index in [1.165, 1.54) is 19.2 Å². The number of anilines is 1. The largest absolute Gasteiger partial charge is 0.494 e. The van der Waals surface area contributed by atoms with Crippen LogP contribution in [0, 0.1) is 12.7 Å². The topological polar surface area (TPSA) is 64.6 Å². The van der Waals surface area contributed by atoms with E-state index in [9.17, 15) is 14.0 Å². The maximum absolute atomic E-state index is 13.9. The molecule has 3 aromatic carbocycles. The first-order valence-electron chi connectivity index (χ1n) is 9.40. The average Bonchev–Trinajstić information content (AvgIpc) is 2.74. The summed E-state index contributed by atoms with van der Waals surface area (Å²) in [6.07, 6.45) is -1.31. The van der Waals surface area contributed by atoms with E-state index in [4.69, 9.17) is 9.47 Å². The van der Waals surface area contributed by atoms with E-state index in [-0.39, 0.29) is 12.2 Å². The molecule has 5 nitrogen and oxygen atoms in total. The van der Waals surface area contributed by atoms with E-state index in [2.05, 4.69) is 5.32 Å². The van der Waals surface area contributed by atoms with Crippen LogP contribution in [0.2, 0.25) is 0 Å². The molecule has 0 saturated carbocycles. The smallest absolute Gasteiger partial charge is 0.311 e. The van der Waals surface area contributed by atoms with E-state index in [1.807, 2.05) is 19.1 Å². The normalized spacial score (nSPS) is 11.4. The van der Waals surface area contributed by atoms with Crippen LogP contribution in [0.15, 0.2) is 72.8 Å². The van der Waals surface area contributed by atoms with Gasteiger partial charge in [0.2, 0.25) is 6.10 Å². The first kappa shape index (κ1) is 21.0. The molecule has 0 heterocycles. The molecule has 0 fully saturated rings. The van der Waals surface area contributed by atoms with E-state index >= 15 is 0 Å². The van der Waals surface area contributed by atoms with Crippen LogP contribution in [-0.2, 0) is 20.7 Å². The molecule has 0 bridgehead atoms. The number of rotatable bonds is 7. The summed E-state index contributed by atoms with van der Waals surface area (Å²) in [5.41, 5.74) is 2.62. The van der Waals surface area contributed by atoms with Gasteiger partial charge in [-0.2, -0.15) is 0 Å². The lowest BCUT2D eigenvalue weighted by Gasteiger charge is -2.18. The number of esters is 1. The zero-order valence-electron chi connectivity index (χ0n) is 16.7. The van der Waals surface area contributed by atoms with Gasteiger partial charge in [-0.3, -0.25) is 9.59 Å². The molecule has 0 aliphatic heterocycles. The Hall–Kier alpha value is -3.67. The Morgan fingerprint density at radius 1 is 1.00 bits per heavy atom. The number of benzene rings is 3. The Bertz CT molecular complexity index is 1020. The molecule has 0 saturated heterocycles. The van der Waals surface area contributed by atoms with Gasteiger partial charge < -0.3 is 14.8 Å². The van der Waals surface area contributed by atoms with E-state index < -0.39 is 23.8 Å². The van der Waals surface area contributed by atoms with Gasteiger partial charge in [-0.05, 0) is 36.8 Å². The number of carbonyl (C=O) groups is 2. The van der Waals surface area contributed by atoms with E-state index in [1.54, 1.807) is 48.5 Å². The molecule has 0 unspecified atom stereocenters. The van der Waals surface area contributed by atoms with Crippen molar-refractivity contribution >= 4 is 17.6 Å². The van der Waals surface area contributed by atoms with Crippen LogP contribution >= 0.6 is 0 Å². The third-order valence-corrected chi connectivity index (χ3v) is 4.47. The SMILES string of the molecule is COc1ccc(CC(=O)O[C@@H](C(=O)Nc2ccc(C)cc2)c2ccccc2)cc1F.